The molecule has 0 radical (unpaired) electrons. The van der Waals surface area contributed by atoms with Crippen molar-refractivity contribution in [2.45, 2.75) is 0 Å². The Kier molecular flexibility index (Phi) is 1.94. The first kappa shape index (κ1) is 8.13. The van der Waals surface area contributed by atoms with Crippen molar-refractivity contribution < 1.29 is 9.68 Å². The number of hydrogen-bond acceptors (Lipinski definition) is 3. The number of aryl methyl sites for hydroxylation is 1. The average Bonchev–Trinajstić information content (AvgIpc) is 2.48. The molecule has 4 nitrogen and oxygen atoms in total. The fraction of sp³-hybridized carbons (Fsp3) is 0.125. The largest absolute Gasteiger partial charge is 0.539 e. The molecule has 0 atom stereocenters. The lowest BCUT2D eigenvalue weighted by atomic mass is 10.2. The molecule has 1 aromatic heterocycles. The zero-order valence-corrected chi connectivity index (χ0v) is 7.27. The zero-order valence-electron chi connectivity index (χ0n) is 7.27. The summed E-state index contributed by atoms with van der Waals surface area (Å²) in [5.74, 6) is 0.656. The van der Waals surface area contributed by atoms with Crippen LogP contribution >= 0.6 is 0 Å². The van der Waals surface area contributed by atoms with Gasteiger partial charge >= 0.3 is 7.69 Å². The molecule has 0 amide bonds. The van der Waals surface area contributed by atoms with Gasteiger partial charge in [0.2, 0.25) is 0 Å². The molecule has 0 aliphatic heterocycles. The average molecular weight is 176 g/mol. The highest BCUT2D eigenvalue weighted by Crippen LogP contribution is 2.19. The molecule has 0 saturated carbocycles. The van der Waals surface area contributed by atoms with E-state index < -0.39 is 0 Å². The summed E-state index contributed by atoms with van der Waals surface area (Å²) in [6.45, 7) is 0. The summed E-state index contributed by atoms with van der Waals surface area (Å²) in [4.78, 5) is 0. The van der Waals surface area contributed by atoms with Gasteiger partial charge in [0.25, 0.3) is 0 Å². The van der Waals surface area contributed by atoms with Gasteiger partial charge in [-0.3, -0.25) is 4.68 Å². The molecule has 0 saturated heterocycles. The van der Waals surface area contributed by atoms with Gasteiger partial charge in [-0.1, -0.05) is 0 Å². The third kappa shape index (κ3) is 1.38. The zero-order chi connectivity index (χ0) is 9.26. The van der Waals surface area contributed by atoms with Gasteiger partial charge in [0, 0.05) is 12.4 Å². The van der Waals surface area contributed by atoms with Crippen LogP contribution in [-0.4, -0.2) is 22.5 Å². The molecule has 5 heteroatoms. The number of hydrogen-bond donors (Lipinski definition) is 1. The van der Waals surface area contributed by atoms with Crippen molar-refractivity contribution in [1.82, 2.24) is 9.78 Å². The SMILES string of the molecule is Cn1ncc2cc(OBO)ccc21. The summed E-state index contributed by atoms with van der Waals surface area (Å²) in [6, 6.07) is 5.56. The molecular weight excluding hydrogens is 167 g/mol. The van der Waals surface area contributed by atoms with Crippen LogP contribution in [-0.2, 0) is 7.05 Å². The summed E-state index contributed by atoms with van der Waals surface area (Å²) in [5, 5.41) is 13.7. The summed E-state index contributed by atoms with van der Waals surface area (Å²) in [5.41, 5.74) is 1.05. The highest BCUT2D eigenvalue weighted by Gasteiger charge is 2.00. The molecule has 1 aromatic carbocycles. The molecule has 0 bridgehead atoms. The number of rotatable bonds is 2. The van der Waals surface area contributed by atoms with Crippen molar-refractivity contribution in [3.05, 3.63) is 24.4 Å². The van der Waals surface area contributed by atoms with Crippen LogP contribution in [0.1, 0.15) is 0 Å². The lowest BCUT2D eigenvalue weighted by Gasteiger charge is -2.01. The van der Waals surface area contributed by atoms with Gasteiger partial charge in [0.05, 0.1) is 11.7 Å². The van der Waals surface area contributed by atoms with Gasteiger partial charge in [-0.25, -0.2) is 0 Å². The minimum absolute atomic E-state index is 0.300. The van der Waals surface area contributed by atoms with Crippen LogP contribution in [0.25, 0.3) is 10.9 Å². The fourth-order valence-corrected chi connectivity index (χ4v) is 1.31. The van der Waals surface area contributed by atoms with E-state index in [0.29, 0.717) is 5.75 Å². The Hall–Kier alpha value is -1.49. The van der Waals surface area contributed by atoms with E-state index in [1.807, 2.05) is 19.2 Å². The third-order valence-electron chi connectivity index (χ3n) is 1.95. The topological polar surface area (TPSA) is 47.3 Å². The monoisotopic (exact) mass is 176 g/mol. The number of nitrogens with zero attached hydrogens (tertiary/aromatic N) is 2. The molecule has 66 valence electrons. The molecule has 0 aliphatic carbocycles. The summed E-state index contributed by atoms with van der Waals surface area (Å²) in [7, 11) is 1.58. The molecular formula is C8H9BN2O2. The lowest BCUT2D eigenvalue weighted by Crippen LogP contribution is -1.99. The second-order valence-corrected chi connectivity index (χ2v) is 2.76. The van der Waals surface area contributed by atoms with Crippen LogP contribution in [0.2, 0.25) is 0 Å². The smallest absolute Gasteiger partial charge is 0.504 e. The summed E-state index contributed by atoms with van der Waals surface area (Å²) >= 11 is 0. The summed E-state index contributed by atoms with van der Waals surface area (Å²) in [6.07, 6.45) is 1.76. The standard InChI is InChI=1S/C8H9BN2O2/c1-11-8-3-2-7(13-9-12)4-6(8)5-10-11/h2-5,9,12H,1H3. The van der Waals surface area contributed by atoms with Crippen molar-refractivity contribution >= 4 is 18.6 Å². The minimum atomic E-state index is -0.300. The van der Waals surface area contributed by atoms with Gasteiger partial charge in [-0.15, -0.1) is 0 Å². The second kappa shape index (κ2) is 3.10. The van der Waals surface area contributed by atoms with E-state index in [1.165, 1.54) is 0 Å². The quantitative estimate of drug-likeness (QED) is 0.665. The Morgan fingerprint density at radius 2 is 2.38 bits per heavy atom. The van der Waals surface area contributed by atoms with E-state index in [9.17, 15) is 0 Å². The van der Waals surface area contributed by atoms with Crippen molar-refractivity contribution in [3.63, 3.8) is 0 Å². The van der Waals surface area contributed by atoms with E-state index in [1.54, 1.807) is 16.9 Å². The second-order valence-electron chi connectivity index (χ2n) is 2.76. The van der Waals surface area contributed by atoms with Crippen molar-refractivity contribution in [1.29, 1.82) is 0 Å². The minimum Gasteiger partial charge on any atom is -0.539 e. The van der Waals surface area contributed by atoms with Crippen LogP contribution in [0.5, 0.6) is 5.75 Å². The Bertz CT molecular complexity index is 427. The van der Waals surface area contributed by atoms with Crippen LogP contribution in [0.4, 0.5) is 0 Å². The maximum atomic E-state index is 8.55. The molecule has 2 aromatic rings. The van der Waals surface area contributed by atoms with Crippen LogP contribution in [0.3, 0.4) is 0 Å². The number of benzene rings is 1. The van der Waals surface area contributed by atoms with Crippen molar-refractivity contribution in [3.8, 4) is 5.75 Å². The molecule has 13 heavy (non-hydrogen) atoms. The predicted molar refractivity (Wildman–Crippen MR) is 50.7 cm³/mol. The van der Waals surface area contributed by atoms with E-state index in [0.717, 1.165) is 10.9 Å². The van der Waals surface area contributed by atoms with Gasteiger partial charge in [0.1, 0.15) is 5.75 Å². The molecule has 1 N–H and O–H groups in total. The van der Waals surface area contributed by atoms with Gasteiger partial charge in [-0.2, -0.15) is 5.10 Å². The van der Waals surface area contributed by atoms with Gasteiger partial charge in [-0.05, 0) is 18.2 Å². The molecule has 2 rings (SSSR count). The molecule has 1 heterocycles. The Morgan fingerprint density at radius 3 is 3.15 bits per heavy atom. The first-order valence-corrected chi connectivity index (χ1v) is 3.96. The Balaban J connectivity index is 2.50. The van der Waals surface area contributed by atoms with Crippen LogP contribution < -0.4 is 4.65 Å². The predicted octanol–water partition coefficient (Wildman–Crippen LogP) is 0.211. The van der Waals surface area contributed by atoms with Gasteiger partial charge < -0.3 is 9.68 Å². The van der Waals surface area contributed by atoms with Crippen LogP contribution in [0.15, 0.2) is 24.4 Å². The van der Waals surface area contributed by atoms with E-state index in [-0.39, 0.29) is 7.69 Å². The van der Waals surface area contributed by atoms with E-state index in [2.05, 4.69) is 5.10 Å². The lowest BCUT2D eigenvalue weighted by molar-refractivity contribution is 0.454. The Labute approximate surface area is 76.1 Å². The van der Waals surface area contributed by atoms with Crippen LogP contribution in [0, 0.1) is 0 Å². The number of fused-ring (bicyclic) bond motifs is 1. The Morgan fingerprint density at radius 1 is 1.54 bits per heavy atom. The maximum Gasteiger partial charge on any atom is 0.504 e. The van der Waals surface area contributed by atoms with E-state index >= 15 is 0 Å². The normalized spacial score (nSPS) is 10.3. The van der Waals surface area contributed by atoms with Crippen molar-refractivity contribution in [2.75, 3.05) is 0 Å². The summed E-state index contributed by atoms with van der Waals surface area (Å²) < 4.78 is 6.73. The first-order chi connectivity index (χ1) is 6.31. The first-order valence-electron chi connectivity index (χ1n) is 3.96. The third-order valence-corrected chi connectivity index (χ3v) is 1.95. The molecule has 0 fully saturated rings. The highest BCUT2D eigenvalue weighted by molar-refractivity contribution is 6.17. The molecule has 0 spiro atoms. The van der Waals surface area contributed by atoms with E-state index in [4.69, 9.17) is 9.68 Å². The molecule has 0 unspecified atom stereocenters. The van der Waals surface area contributed by atoms with Crippen molar-refractivity contribution in [2.24, 2.45) is 7.05 Å². The number of aromatic nitrogens is 2. The molecule has 0 aliphatic rings. The highest BCUT2D eigenvalue weighted by atomic mass is 16.5. The fourth-order valence-electron chi connectivity index (χ4n) is 1.31. The maximum absolute atomic E-state index is 8.55. The van der Waals surface area contributed by atoms with Gasteiger partial charge in [0.15, 0.2) is 0 Å².